The largest absolute Gasteiger partial charge is 0.480 e. The van der Waals surface area contributed by atoms with Gasteiger partial charge in [0.2, 0.25) is 0 Å². The van der Waals surface area contributed by atoms with E-state index in [4.69, 9.17) is 10.2 Å². The number of hydrogen-bond donors (Lipinski definition) is 3. The van der Waals surface area contributed by atoms with Crippen LogP contribution in [-0.4, -0.2) is 34.7 Å². The fourth-order valence-corrected chi connectivity index (χ4v) is 1.89. The lowest BCUT2D eigenvalue weighted by atomic mass is 10.1. The summed E-state index contributed by atoms with van der Waals surface area (Å²) in [5.74, 6) is -1.65. The molecule has 0 fully saturated rings. The number of aliphatic hydroxyl groups is 1. The average Bonchev–Trinajstić information content (AvgIpc) is 2.31. The standard InChI is InChI=1S/C12H14BrNO4/c1-7-3-2-4-8(10(7)13)11(16)14-9(5-6-15)12(17)18/h2-4,9,15H,5-6H2,1H3,(H,14,16)(H,17,18)/t9-/m0/s1. The van der Waals surface area contributed by atoms with E-state index in [1.54, 1.807) is 12.1 Å². The molecule has 0 spiro atoms. The molecule has 0 aliphatic heterocycles. The molecular weight excluding hydrogens is 302 g/mol. The number of carbonyl (C=O) groups is 2. The van der Waals surface area contributed by atoms with Gasteiger partial charge in [0.1, 0.15) is 6.04 Å². The van der Waals surface area contributed by atoms with Gasteiger partial charge in [-0.2, -0.15) is 0 Å². The zero-order chi connectivity index (χ0) is 13.7. The van der Waals surface area contributed by atoms with Crippen molar-refractivity contribution in [1.82, 2.24) is 5.32 Å². The van der Waals surface area contributed by atoms with Crippen LogP contribution in [0.15, 0.2) is 22.7 Å². The third kappa shape index (κ3) is 3.54. The van der Waals surface area contributed by atoms with Crippen molar-refractivity contribution in [3.05, 3.63) is 33.8 Å². The molecule has 0 aromatic heterocycles. The Morgan fingerprint density at radius 3 is 2.67 bits per heavy atom. The van der Waals surface area contributed by atoms with Crippen molar-refractivity contribution < 1.29 is 19.8 Å². The molecule has 5 nitrogen and oxygen atoms in total. The summed E-state index contributed by atoms with van der Waals surface area (Å²) in [5.41, 5.74) is 1.26. The molecule has 0 unspecified atom stereocenters. The predicted octanol–water partition coefficient (Wildman–Crippen LogP) is 1.32. The Bertz CT molecular complexity index is 461. The molecule has 1 amide bonds. The van der Waals surface area contributed by atoms with Gasteiger partial charge in [0.05, 0.1) is 5.56 Å². The Morgan fingerprint density at radius 2 is 2.11 bits per heavy atom. The van der Waals surface area contributed by atoms with Crippen molar-refractivity contribution in [3.63, 3.8) is 0 Å². The molecule has 1 rings (SSSR count). The van der Waals surface area contributed by atoms with Gasteiger partial charge >= 0.3 is 5.97 Å². The summed E-state index contributed by atoms with van der Waals surface area (Å²) in [4.78, 5) is 22.8. The van der Waals surface area contributed by atoms with Crippen molar-refractivity contribution in [3.8, 4) is 0 Å². The van der Waals surface area contributed by atoms with Crippen molar-refractivity contribution in [2.45, 2.75) is 19.4 Å². The van der Waals surface area contributed by atoms with E-state index in [0.717, 1.165) is 5.56 Å². The number of halogens is 1. The normalized spacial score (nSPS) is 11.9. The maximum atomic E-state index is 11.9. The second-order valence-corrected chi connectivity index (χ2v) is 4.61. The van der Waals surface area contributed by atoms with Gasteiger partial charge in [0.15, 0.2) is 0 Å². The molecule has 18 heavy (non-hydrogen) atoms. The van der Waals surface area contributed by atoms with Crippen LogP contribution in [0.5, 0.6) is 0 Å². The lowest BCUT2D eigenvalue weighted by molar-refractivity contribution is -0.139. The molecule has 0 saturated carbocycles. The van der Waals surface area contributed by atoms with Crippen molar-refractivity contribution in [1.29, 1.82) is 0 Å². The number of nitrogens with one attached hydrogen (secondary N) is 1. The van der Waals surface area contributed by atoms with Crippen LogP contribution < -0.4 is 5.32 Å². The molecule has 0 aliphatic rings. The number of hydrogen-bond acceptors (Lipinski definition) is 3. The Morgan fingerprint density at radius 1 is 1.44 bits per heavy atom. The Labute approximate surface area is 113 Å². The number of amides is 1. The predicted molar refractivity (Wildman–Crippen MR) is 69.5 cm³/mol. The summed E-state index contributed by atoms with van der Waals surface area (Å²) in [6.07, 6.45) is -0.0233. The number of carboxylic acid groups (broad SMARTS) is 1. The first-order valence-electron chi connectivity index (χ1n) is 5.37. The van der Waals surface area contributed by atoms with E-state index in [2.05, 4.69) is 21.2 Å². The van der Waals surface area contributed by atoms with E-state index in [9.17, 15) is 9.59 Å². The highest BCUT2D eigenvalue weighted by atomic mass is 79.9. The summed E-state index contributed by atoms with van der Waals surface area (Å²) in [6, 6.07) is 4.07. The van der Waals surface area contributed by atoms with Crippen LogP contribution in [0, 0.1) is 6.92 Å². The summed E-state index contributed by atoms with van der Waals surface area (Å²) >= 11 is 3.29. The number of aliphatic hydroxyl groups excluding tert-OH is 1. The Balaban J connectivity index is 2.87. The van der Waals surface area contributed by atoms with Crippen molar-refractivity contribution in [2.75, 3.05) is 6.61 Å². The van der Waals surface area contributed by atoms with Gasteiger partial charge in [0, 0.05) is 17.5 Å². The SMILES string of the molecule is Cc1cccc(C(=O)N[C@@H](CCO)C(=O)O)c1Br. The summed E-state index contributed by atoms with van der Waals surface area (Å²) in [6.45, 7) is 1.54. The van der Waals surface area contributed by atoms with Gasteiger partial charge in [-0.05, 0) is 34.5 Å². The molecule has 0 bridgehead atoms. The maximum Gasteiger partial charge on any atom is 0.326 e. The number of aryl methyl sites for hydroxylation is 1. The topological polar surface area (TPSA) is 86.6 Å². The average molecular weight is 316 g/mol. The fraction of sp³-hybridized carbons (Fsp3) is 0.333. The first kappa shape index (κ1) is 14.7. The number of carboxylic acids is 1. The Kier molecular flexibility index (Phi) is 5.30. The van der Waals surface area contributed by atoms with Crippen LogP contribution >= 0.6 is 15.9 Å². The molecule has 3 N–H and O–H groups in total. The number of rotatable bonds is 5. The summed E-state index contributed by atoms with van der Waals surface area (Å²) in [5, 5.41) is 20.0. The second kappa shape index (κ2) is 6.51. The van der Waals surface area contributed by atoms with Crippen molar-refractivity contribution >= 4 is 27.8 Å². The molecule has 98 valence electrons. The van der Waals surface area contributed by atoms with Gasteiger partial charge in [-0.15, -0.1) is 0 Å². The monoisotopic (exact) mass is 315 g/mol. The highest BCUT2D eigenvalue weighted by Crippen LogP contribution is 2.21. The first-order chi connectivity index (χ1) is 8.47. The molecular formula is C12H14BrNO4. The van der Waals surface area contributed by atoms with Gasteiger partial charge in [-0.25, -0.2) is 4.79 Å². The molecule has 1 atom stereocenters. The van der Waals surface area contributed by atoms with Crippen LogP contribution in [0.4, 0.5) is 0 Å². The zero-order valence-electron chi connectivity index (χ0n) is 9.81. The fourth-order valence-electron chi connectivity index (χ4n) is 1.45. The van der Waals surface area contributed by atoms with E-state index in [0.29, 0.717) is 10.0 Å². The minimum atomic E-state index is -1.17. The van der Waals surface area contributed by atoms with E-state index < -0.39 is 17.9 Å². The van der Waals surface area contributed by atoms with Crippen LogP contribution in [0.3, 0.4) is 0 Å². The van der Waals surface area contributed by atoms with E-state index in [1.807, 2.05) is 13.0 Å². The molecule has 0 heterocycles. The van der Waals surface area contributed by atoms with E-state index in [1.165, 1.54) is 0 Å². The second-order valence-electron chi connectivity index (χ2n) is 3.81. The van der Waals surface area contributed by atoms with Crippen LogP contribution in [0.25, 0.3) is 0 Å². The number of benzene rings is 1. The molecule has 0 aliphatic carbocycles. The lowest BCUT2D eigenvalue weighted by Gasteiger charge is -2.14. The first-order valence-corrected chi connectivity index (χ1v) is 6.16. The maximum absolute atomic E-state index is 11.9. The van der Waals surface area contributed by atoms with Crippen LogP contribution in [-0.2, 0) is 4.79 Å². The minimum absolute atomic E-state index is 0.0233. The lowest BCUT2D eigenvalue weighted by Crippen LogP contribution is -2.41. The number of carbonyl (C=O) groups excluding carboxylic acids is 1. The molecule has 6 heteroatoms. The van der Waals surface area contributed by atoms with Gasteiger partial charge in [-0.3, -0.25) is 4.79 Å². The Hall–Kier alpha value is -1.40. The third-order valence-electron chi connectivity index (χ3n) is 2.46. The smallest absolute Gasteiger partial charge is 0.326 e. The van der Waals surface area contributed by atoms with Crippen molar-refractivity contribution in [2.24, 2.45) is 0 Å². The van der Waals surface area contributed by atoms with Gasteiger partial charge in [0.25, 0.3) is 5.91 Å². The molecule has 1 aromatic rings. The highest BCUT2D eigenvalue weighted by molar-refractivity contribution is 9.10. The highest BCUT2D eigenvalue weighted by Gasteiger charge is 2.21. The van der Waals surface area contributed by atoms with E-state index >= 15 is 0 Å². The quantitative estimate of drug-likeness (QED) is 0.765. The molecule has 0 radical (unpaired) electrons. The molecule has 1 aromatic carbocycles. The van der Waals surface area contributed by atoms with E-state index in [-0.39, 0.29) is 13.0 Å². The van der Waals surface area contributed by atoms with Gasteiger partial charge < -0.3 is 15.5 Å². The number of aliphatic carboxylic acids is 1. The van der Waals surface area contributed by atoms with Crippen LogP contribution in [0.2, 0.25) is 0 Å². The van der Waals surface area contributed by atoms with Crippen LogP contribution in [0.1, 0.15) is 22.3 Å². The summed E-state index contributed by atoms with van der Waals surface area (Å²) in [7, 11) is 0. The minimum Gasteiger partial charge on any atom is -0.480 e. The zero-order valence-corrected chi connectivity index (χ0v) is 11.4. The van der Waals surface area contributed by atoms with Gasteiger partial charge in [-0.1, -0.05) is 12.1 Å². The third-order valence-corrected chi connectivity index (χ3v) is 3.51. The summed E-state index contributed by atoms with van der Waals surface area (Å²) < 4.78 is 0.635. The molecule has 0 saturated heterocycles.